The number of hydrogen-bond acceptors (Lipinski definition) is 5. The summed E-state index contributed by atoms with van der Waals surface area (Å²) in [6.07, 6.45) is 3.78. The number of rotatable bonds is 8. The quantitative estimate of drug-likeness (QED) is 0.693. The van der Waals surface area contributed by atoms with Crippen LogP contribution in [0.15, 0.2) is 42.5 Å². The fourth-order valence-corrected chi connectivity index (χ4v) is 4.57. The lowest BCUT2D eigenvalue weighted by molar-refractivity contribution is -0.120. The van der Waals surface area contributed by atoms with Crippen LogP contribution in [0.5, 0.6) is 11.5 Å². The van der Waals surface area contributed by atoms with Crippen molar-refractivity contribution in [3.8, 4) is 11.5 Å². The van der Waals surface area contributed by atoms with Gasteiger partial charge in [-0.25, -0.2) is 8.42 Å². The Kier molecular flexibility index (Phi) is 6.87. The maximum Gasteiger partial charge on any atom is 0.241 e. The molecule has 0 bridgehead atoms. The Labute approximate surface area is 178 Å². The summed E-state index contributed by atoms with van der Waals surface area (Å²) < 4.78 is 36.5. The van der Waals surface area contributed by atoms with Crippen LogP contribution in [0, 0.1) is 0 Å². The van der Waals surface area contributed by atoms with E-state index in [1.807, 2.05) is 25.1 Å². The minimum atomic E-state index is -3.63. The van der Waals surface area contributed by atoms with Gasteiger partial charge in [0.2, 0.25) is 15.9 Å². The molecule has 2 aromatic rings. The number of nitrogens with zero attached hydrogens (tertiary/aromatic N) is 1. The molecule has 7 nitrogen and oxygen atoms in total. The van der Waals surface area contributed by atoms with Gasteiger partial charge in [0.05, 0.1) is 31.7 Å². The standard InChI is InChI=1S/C22H28N2O5S/c1-4-29-18-10-8-17(9-11-18)24(30(3,26)27)15-22(25)23-21-7-5-6-16-14-19(28-2)12-13-20(16)21/h8-14,21H,4-7,15H2,1-3H3,(H,23,25). The zero-order chi connectivity index (χ0) is 21.7. The van der Waals surface area contributed by atoms with Crippen LogP contribution < -0.4 is 19.1 Å². The summed E-state index contributed by atoms with van der Waals surface area (Å²) in [6.45, 7) is 2.11. The summed E-state index contributed by atoms with van der Waals surface area (Å²) in [5, 5.41) is 3.01. The zero-order valence-electron chi connectivity index (χ0n) is 17.6. The minimum Gasteiger partial charge on any atom is -0.497 e. The number of carbonyl (C=O) groups excluding carboxylic acids is 1. The summed E-state index contributed by atoms with van der Waals surface area (Å²) in [7, 11) is -2.00. The van der Waals surface area contributed by atoms with E-state index in [9.17, 15) is 13.2 Å². The van der Waals surface area contributed by atoms with Gasteiger partial charge in [0.15, 0.2) is 0 Å². The molecule has 0 fully saturated rings. The number of anilines is 1. The first kappa shape index (κ1) is 22.0. The average Bonchev–Trinajstić information content (AvgIpc) is 2.72. The summed E-state index contributed by atoms with van der Waals surface area (Å²) in [6, 6.07) is 12.4. The fourth-order valence-electron chi connectivity index (χ4n) is 3.71. The molecule has 162 valence electrons. The van der Waals surface area contributed by atoms with Crippen LogP contribution in [0.2, 0.25) is 0 Å². The molecule has 0 aromatic heterocycles. The SMILES string of the molecule is CCOc1ccc(N(CC(=O)NC2CCCc3cc(OC)ccc32)S(C)(=O)=O)cc1. The Morgan fingerprint density at radius 1 is 1.17 bits per heavy atom. The van der Waals surface area contributed by atoms with Gasteiger partial charge in [-0.05, 0) is 73.7 Å². The Morgan fingerprint density at radius 2 is 1.87 bits per heavy atom. The van der Waals surface area contributed by atoms with E-state index in [1.54, 1.807) is 31.4 Å². The molecule has 1 aliphatic rings. The second-order valence-electron chi connectivity index (χ2n) is 7.27. The van der Waals surface area contributed by atoms with E-state index >= 15 is 0 Å². The van der Waals surface area contributed by atoms with Gasteiger partial charge in [-0.3, -0.25) is 9.10 Å². The Balaban J connectivity index is 1.75. The molecule has 0 saturated heterocycles. The maximum atomic E-state index is 12.8. The monoisotopic (exact) mass is 432 g/mol. The van der Waals surface area contributed by atoms with Crippen LogP contribution in [0.1, 0.15) is 36.9 Å². The average molecular weight is 433 g/mol. The third kappa shape index (κ3) is 5.24. The molecule has 0 aliphatic heterocycles. The molecule has 1 unspecified atom stereocenters. The van der Waals surface area contributed by atoms with E-state index < -0.39 is 10.0 Å². The van der Waals surface area contributed by atoms with Crippen LogP contribution in [-0.2, 0) is 21.2 Å². The van der Waals surface area contributed by atoms with Crippen molar-refractivity contribution in [2.24, 2.45) is 0 Å². The molecule has 1 N–H and O–H groups in total. The van der Waals surface area contributed by atoms with E-state index in [0.717, 1.165) is 46.7 Å². The molecule has 2 aromatic carbocycles. The van der Waals surface area contributed by atoms with Crippen molar-refractivity contribution in [3.05, 3.63) is 53.6 Å². The van der Waals surface area contributed by atoms with Crippen molar-refractivity contribution >= 4 is 21.6 Å². The van der Waals surface area contributed by atoms with Gasteiger partial charge < -0.3 is 14.8 Å². The molecule has 1 amide bonds. The van der Waals surface area contributed by atoms with Gasteiger partial charge in [-0.2, -0.15) is 0 Å². The molecule has 1 aliphatic carbocycles. The number of hydrogen-bond donors (Lipinski definition) is 1. The second-order valence-corrected chi connectivity index (χ2v) is 9.18. The van der Waals surface area contributed by atoms with Gasteiger partial charge >= 0.3 is 0 Å². The summed E-state index contributed by atoms with van der Waals surface area (Å²) >= 11 is 0. The minimum absolute atomic E-state index is 0.145. The molecule has 0 radical (unpaired) electrons. The van der Waals surface area contributed by atoms with Gasteiger partial charge in [0, 0.05) is 0 Å². The van der Waals surface area contributed by atoms with Crippen LogP contribution in [0.25, 0.3) is 0 Å². The zero-order valence-corrected chi connectivity index (χ0v) is 18.4. The predicted octanol–water partition coefficient (Wildman–Crippen LogP) is 3.05. The number of sulfonamides is 1. The Morgan fingerprint density at radius 3 is 2.50 bits per heavy atom. The number of amides is 1. The molecular weight excluding hydrogens is 404 g/mol. The lowest BCUT2D eigenvalue weighted by Crippen LogP contribution is -2.42. The highest BCUT2D eigenvalue weighted by molar-refractivity contribution is 7.92. The summed E-state index contributed by atoms with van der Waals surface area (Å²) in [5.74, 6) is 1.09. The highest BCUT2D eigenvalue weighted by Gasteiger charge is 2.25. The third-order valence-electron chi connectivity index (χ3n) is 5.12. The van der Waals surface area contributed by atoms with Crippen LogP contribution in [0.4, 0.5) is 5.69 Å². The van der Waals surface area contributed by atoms with Crippen molar-refractivity contribution in [3.63, 3.8) is 0 Å². The number of ether oxygens (including phenoxy) is 2. The molecule has 0 heterocycles. The first-order chi connectivity index (χ1) is 14.3. The number of carbonyl (C=O) groups is 1. The van der Waals surface area contributed by atoms with E-state index in [0.29, 0.717) is 18.0 Å². The number of benzene rings is 2. The lowest BCUT2D eigenvalue weighted by atomic mass is 9.87. The van der Waals surface area contributed by atoms with Crippen molar-refractivity contribution < 1.29 is 22.7 Å². The second kappa shape index (κ2) is 9.38. The maximum absolute atomic E-state index is 12.8. The van der Waals surface area contributed by atoms with Crippen molar-refractivity contribution in [1.29, 1.82) is 0 Å². The number of aryl methyl sites for hydroxylation is 1. The van der Waals surface area contributed by atoms with Crippen LogP contribution in [-0.4, -0.2) is 40.8 Å². The topological polar surface area (TPSA) is 84.9 Å². The molecule has 0 spiro atoms. The molecule has 1 atom stereocenters. The fraction of sp³-hybridized carbons (Fsp3) is 0.409. The highest BCUT2D eigenvalue weighted by atomic mass is 32.2. The van der Waals surface area contributed by atoms with Crippen molar-refractivity contribution in [1.82, 2.24) is 5.32 Å². The highest BCUT2D eigenvalue weighted by Crippen LogP contribution is 2.32. The van der Waals surface area contributed by atoms with Crippen LogP contribution in [0.3, 0.4) is 0 Å². The first-order valence-corrected chi connectivity index (χ1v) is 11.8. The van der Waals surface area contributed by atoms with E-state index in [2.05, 4.69) is 5.32 Å². The summed E-state index contributed by atoms with van der Waals surface area (Å²) in [4.78, 5) is 12.8. The van der Waals surface area contributed by atoms with E-state index in [-0.39, 0.29) is 18.5 Å². The number of fused-ring (bicyclic) bond motifs is 1. The molecule has 8 heteroatoms. The van der Waals surface area contributed by atoms with Gasteiger partial charge in [0.1, 0.15) is 18.0 Å². The third-order valence-corrected chi connectivity index (χ3v) is 6.26. The lowest BCUT2D eigenvalue weighted by Gasteiger charge is -2.28. The number of methoxy groups -OCH3 is 1. The normalized spacial score (nSPS) is 15.8. The predicted molar refractivity (Wildman–Crippen MR) is 117 cm³/mol. The Hall–Kier alpha value is -2.74. The van der Waals surface area contributed by atoms with E-state index in [4.69, 9.17) is 9.47 Å². The van der Waals surface area contributed by atoms with Gasteiger partial charge in [-0.1, -0.05) is 6.07 Å². The smallest absolute Gasteiger partial charge is 0.241 e. The van der Waals surface area contributed by atoms with Crippen LogP contribution >= 0.6 is 0 Å². The number of nitrogens with one attached hydrogen (secondary N) is 1. The van der Waals surface area contributed by atoms with Gasteiger partial charge in [0.25, 0.3) is 0 Å². The first-order valence-electron chi connectivity index (χ1n) is 9.98. The van der Waals surface area contributed by atoms with E-state index in [1.165, 1.54) is 0 Å². The van der Waals surface area contributed by atoms with Crippen molar-refractivity contribution in [2.45, 2.75) is 32.2 Å². The van der Waals surface area contributed by atoms with Crippen molar-refractivity contribution in [2.75, 3.05) is 30.8 Å². The molecule has 3 rings (SSSR count). The molecule has 30 heavy (non-hydrogen) atoms. The summed E-state index contributed by atoms with van der Waals surface area (Å²) in [5.41, 5.74) is 2.63. The molecular formula is C22H28N2O5S. The largest absolute Gasteiger partial charge is 0.497 e. The Bertz CT molecular complexity index is 989. The van der Waals surface area contributed by atoms with Gasteiger partial charge in [-0.15, -0.1) is 0 Å². The molecule has 0 saturated carbocycles.